The first-order valence-electron chi connectivity index (χ1n) is 13.7. The number of rotatable bonds is 7. The summed E-state index contributed by atoms with van der Waals surface area (Å²) < 4.78 is 38.3. The number of fused-ring (bicyclic) bond motifs is 1. The minimum atomic E-state index is -3.47. The second-order valence-corrected chi connectivity index (χ2v) is 12.4. The van der Waals surface area contributed by atoms with Gasteiger partial charge in [0.15, 0.2) is 11.5 Å². The maximum Gasteiger partial charge on any atom is 0.253 e. The van der Waals surface area contributed by atoms with Gasteiger partial charge in [0.25, 0.3) is 5.91 Å². The van der Waals surface area contributed by atoms with E-state index in [2.05, 4.69) is 15.9 Å². The molecule has 3 aliphatic rings. The number of carbonyl (C=O) groups is 1. The number of nitrogens with zero attached hydrogens (tertiary/aromatic N) is 4. The molecule has 0 aromatic heterocycles. The fraction of sp³-hybridized carbons (Fsp3) is 0.367. The Labute approximate surface area is 235 Å². The van der Waals surface area contributed by atoms with Crippen molar-refractivity contribution in [3.05, 3.63) is 89.5 Å². The summed E-state index contributed by atoms with van der Waals surface area (Å²) in [6.07, 6.45) is 0. The maximum absolute atomic E-state index is 13.3. The van der Waals surface area contributed by atoms with E-state index in [1.807, 2.05) is 47.4 Å². The molecule has 210 valence electrons. The highest BCUT2D eigenvalue weighted by atomic mass is 32.2. The molecule has 3 aromatic carbocycles. The van der Waals surface area contributed by atoms with Crippen molar-refractivity contribution in [3.8, 4) is 11.5 Å². The molecule has 0 N–H and O–H groups in total. The van der Waals surface area contributed by atoms with Crippen molar-refractivity contribution in [2.45, 2.75) is 18.0 Å². The molecular weight excluding hydrogens is 528 g/mol. The number of ether oxygens (including phenoxy) is 2. The van der Waals surface area contributed by atoms with Gasteiger partial charge in [0.05, 0.1) is 4.90 Å². The first-order chi connectivity index (χ1) is 19.5. The molecule has 0 radical (unpaired) electrons. The van der Waals surface area contributed by atoms with Crippen LogP contribution >= 0.6 is 0 Å². The van der Waals surface area contributed by atoms with E-state index in [0.29, 0.717) is 56.3 Å². The second-order valence-electron chi connectivity index (χ2n) is 10.4. The molecule has 6 rings (SSSR count). The monoisotopic (exact) mass is 562 g/mol. The fourth-order valence-corrected chi connectivity index (χ4v) is 6.96. The lowest BCUT2D eigenvalue weighted by molar-refractivity contribution is 0.0628. The van der Waals surface area contributed by atoms with E-state index in [0.717, 1.165) is 36.7 Å². The third kappa shape index (κ3) is 5.85. The van der Waals surface area contributed by atoms with Gasteiger partial charge < -0.3 is 14.4 Å². The number of piperazine rings is 2. The average molecular weight is 563 g/mol. The van der Waals surface area contributed by atoms with Gasteiger partial charge in [0.1, 0.15) is 0 Å². The van der Waals surface area contributed by atoms with E-state index in [1.54, 1.807) is 28.6 Å². The number of carbonyl (C=O) groups excluding carboxylic acids is 1. The number of benzene rings is 3. The Balaban J connectivity index is 0.999. The smallest absolute Gasteiger partial charge is 0.253 e. The summed E-state index contributed by atoms with van der Waals surface area (Å²) >= 11 is 0. The zero-order valence-electron chi connectivity index (χ0n) is 22.4. The molecule has 0 aliphatic carbocycles. The number of amides is 1. The van der Waals surface area contributed by atoms with Crippen LogP contribution in [0.3, 0.4) is 0 Å². The van der Waals surface area contributed by atoms with Gasteiger partial charge in [-0.2, -0.15) is 4.31 Å². The highest BCUT2D eigenvalue weighted by Crippen LogP contribution is 2.33. The normalized spacial score (nSPS) is 18.6. The molecule has 0 atom stereocenters. The van der Waals surface area contributed by atoms with Crippen molar-refractivity contribution in [3.63, 3.8) is 0 Å². The van der Waals surface area contributed by atoms with E-state index in [4.69, 9.17) is 9.47 Å². The van der Waals surface area contributed by atoms with Crippen LogP contribution in [0.25, 0.3) is 0 Å². The van der Waals surface area contributed by atoms with Crippen LogP contribution in [0, 0.1) is 0 Å². The largest absolute Gasteiger partial charge is 0.454 e. The number of hydrogen-bond donors (Lipinski definition) is 0. The highest BCUT2D eigenvalue weighted by Gasteiger charge is 2.28. The highest BCUT2D eigenvalue weighted by molar-refractivity contribution is 7.89. The fourth-order valence-electron chi connectivity index (χ4n) is 5.52. The van der Waals surface area contributed by atoms with Crippen LogP contribution in [-0.2, 0) is 23.1 Å². The maximum atomic E-state index is 13.3. The van der Waals surface area contributed by atoms with Gasteiger partial charge in [-0.15, -0.1) is 0 Å². The summed E-state index contributed by atoms with van der Waals surface area (Å²) in [5, 5.41) is 0. The lowest BCUT2D eigenvalue weighted by Gasteiger charge is -2.35. The zero-order chi connectivity index (χ0) is 27.5. The second kappa shape index (κ2) is 11.6. The van der Waals surface area contributed by atoms with Crippen molar-refractivity contribution in [1.82, 2.24) is 19.0 Å². The molecule has 3 aromatic rings. The quantitative estimate of drug-likeness (QED) is 0.438. The van der Waals surface area contributed by atoms with Crippen LogP contribution in [0.15, 0.2) is 77.7 Å². The summed E-state index contributed by atoms with van der Waals surface area (Å²) in [5.41, 5.74) is 2.94. The van der Waals surface area contributed by atoms with Crippen LogP contribution < -0.4 is 9.47 Å². The molecule has 40 heavy (non-hydrogen) atoms. The summed E-state index contributed by atoms with van der Waals surface area (Å²) in [6.45, 7) is 6.97. The summed E-state index contributed by atoms with van der Waals surface area (Å²) in [7, 11) is -3.47. The van der Waals surface area contributed by atoms with Crippen molar-refractivity contribution < 1.29 is 22.7 Å². The van der Waals surface area contributed by atoms with E-state index < -0.39 is 10.0 Å². The topological polar surface area (TPSA) is 82.6 Å². The summed E-state index contributed by atoms with van der Waals surface area (Å²) in [4.78, 5) is 20.2. The van der Waals surface area contributed by atoms with E-state index >= 15 is 0 Å². The van der Waals surface area contributed by atoms with Gasteiger partial charge >= 0.3 is 0 Å². The standard InChI is InChI=1S/C30H34N4O5S/c35-30(33-15-11-31(12-16-33)22-25-9-10-28-29(20-25)39-23-38-28)26-6-4-5-24(19-26)21-32-13-17-34(18-14-32)40(36,37)27-7-2-1-3-8-27/h1-10,19-20H,11-18,21-23H2. The number of hydrogen-bond acceptors (Lipinski definition) is 7. The molecule has 10 heteroatoms. The predicted octanol–water partition coefficient (Wildman–Crippen LogP) is 2.88. The molecule has 3 heterocycles. The molecule has 0 bridgehead atoms. The molecule has 2 fully saturated rings. The molecule has 1 amide bonds. The lowest BCUT2D eigenvalue weighted by Crippen LogP contribution is -2.48. The van der Waals surface area contributed by atoms with Crippen LogP contribution in [0.1, 0.15) is 21.5 Å². The van der Waals surface area contributed by atoms with E-state index in [9.17, 15) is 13.2 Å². The Bertz CT molecular complexity index is 1450. The van der Waals surface area contributed by atoms with Crippen molar-refractivity contribution >= 4 is 15.9 Å². The molecule has 9 nitrogen and oxygen atoms in total. The van der Waals surface area contributed by atoms with Crippen LogP contribution in [-0.4, -0.2) is 92.5 Å². The zero-order valence-corrected chi connectivity index (χ0v) is 23.3. The molecule has 0 saturated carbocycles. The van der Waals surface area contributed by atoms with Crippen molar-refractivity contribution in [2.24, 2.45) is 0 Å². The van der Waals surface area contributed by atoms with Gasteiger partial charge in [-0.25, -0.2) is 8.42 Å². The van der Waals surface area contributed by atoms with Gasteiger partial charge in [-0.05, 0) is 47.5 Å². The van der Waals surface area contributed by atoms with E-state index in [-0.39, 0.29) is 12.7 Å². The van der Waals surface area contributed by atoms with Crippen LogP contribution in [0.4, 0.5) is 0 Å². The molecule has 0 unspecified atom stereocenters. The molecular formula is C30H34N4O5S. The summed E-state index contributed by atoms with van der Waals surface area (Å²) in [5.74, 6) is 1.65. The molecule has 3 aliphatic heterocycles. The predicted molar refractivity (Wildman–Crippen MR) is 151 cm³/mol. The van der Waals surface area contributed by atoms with E-state index in [1.165, 1.54) is 5.56 Å². The Morgan fingerprint density at radius 2 is 1.32 bits per heavy atom. The number of sulfonamides is 1. The average Bonchev–Trinajstić information content (AvgIpc) is 3.46. The minimum absolute atomic E-state index is 0.0587. The van der Waals surface area contributed by atoms with Crippen molar-refractivity contribution in [1.29, 1.82) is 0 Å². The first kappa shape index (κ1) is 26.8. The Kier molecular flexibility index (Phi) is 7.75. The third-order valence-electron chi connectivity index (χ3n) is 7.80. The van der Waals surface area contributed by atoms with Crippen LogP contribution in [0.2, 0.25) is 0 Å². The SMILES string of the molecule is O=C(c1cccc(CN2CCN(S(=O)(=O)c3ccccc3)CC2)c1)N1CCN(Cc2ccc3c(c2)OCO3)CC1. The lowest BCUT2D eigenvalue weighted by atomic mass is 10.1. The summed E-state index contributed by atoms with van der Waals surface area (Å²) in [6, 6.07) is 22.5. The Hall–Kier alpha value is -3.44. The van der Waals surface area contributed by atoms with Gasteiger partial charge in [0, 0.05) is 71.0 Å². The van der Waals surface area contributed by atoms with Gasteiger partial charge in [-0.3, -0.25) is 14.6 Å². The third-order valence-corrected chi connectivity index (χ3v) is 9.71. The van der Waals surface area contributed by atoms with Crippen molar-refractivity contribution in [2.75, 3.05) is 59.2 Å². The molecule has 0 spiro atoms. The first-order valence-corrected chi connectivity index (χ1v) is 15.2. The minimum Gasteiger partial charge on any atom is -0.454 e. The Morgan fingerprint density at radius 3 is 2.05 bits per heavy atom. The van der Waals surface area contributed by atoms with Crippen LogP contribution in [0.5, 0.6) is 11.5 Å². The van der Waals surface area contributed by atoms with Gasteiger partial charge in [0.2, 0.25) is 16.8 Å². The Morgan fingerprint density at radius 1 is 0.675 bits per heavy atom. The molecule has 2 saturated heterocycles. The van der Waals surface area contributed by atoms with Gasteiger partial charge in [-0.1, -0.05) is 36.4 Å².